The van der Waals surface area contributed by atoms with Gasteiger partial charge >= 0.3 is 12.3 Å². The lowest BCUT2D eigenvalue weighted by Crippen LogP contribution is -2.37. The molecule has 1 atom stereocenters. The first-order valence-corrected chi connectivity index (χ1v) is 8.65. The van der Waals surface area contributed by atoms with E-state index in [1.807, 2.05) is 0 Å². The number of sulfonamides is 1. The highest BCUT2D eigenvalue weighted by Gasteiger charge is 2.39. The van der Waals surface area contributed by atoms with Crippen molar-refractivity contribution in [3.63, 3.8) is 0 Å². The Morgan fingerprint density at radius 1 is 1.23 bits per heavy atom. The number of nitrogens with one attached hydrogen (secondary N) is 2. The summed E-state index contributed by atoms with van der Waals surface area (Å²) >= 11 is 0. The number of carboxylic acids is 1. The second-order valence-corrected chi connectivity index (χ2v) is 6.91. The number of benzene rings is 1. The molecule has 12 heteroatoms. The lowest BCUT2D eigenvalue weighted by molar-refractivity contribution is -0.306. The fraction of sp³-hybridized carbons (Fsp3) is 0.429. The van der Waals surface area contributed by atoms with E-state index in [9.17, 15) is 36.3 Å². The molecule has 1 rings (SSSR count). The average molecular weight is 397 g/mol. The van der Waals surface area contributed by atoms with Crippen LogP contribution in [0.3, 0.4) is 0 Å². The normalized spacial score (nSPS) is 13.1. The predicted octanol–water partition coefficient (Wildman–Crippen LogP) is 0.852. The number of hydrogen-bond acceptors (Lipinski definition) is 6. The van der Waals surface area contributed by atoms with Crippen molar-refractivity contribution < 1.29 is 41.0 Å². The molecule has 0 spiro atoms. The molecule has 2 N–H and O–H groups in total. The van der Waals surface area contributed by atoms with Crippen molar-refractivity contribution in [1.82, 2.24) is 4.72 Å². The maximum Gasteiger partial charge on any atom is 0.411 e. The molecule has 146 valence electrons. The zero-order valence-electron chi connectivity index (χ0n) is 13.5. The lowest BCUT2D eigenvalue weighted by atomic mass is 10.0. The number of carboxylic acid groups (broad SMARTS) is 1. The molecule has 8 nitrogen and oxygen atoms in total. The van der Waals surface area contributed by atoms with Crippen molar-refractivity contribution in [2.75, 3.05) is 19.0 Å². The maximum absolute atomic E-state index is 12.9. The van der Waals surface area contributed by atoms with Crippen LogP contribution in [-0.4, -0.2) is 40.3 Å². The van der Waals surface area contributed by atoms with Gasteiger partial charge in [-0.3, -0.25) is 5.32 Å². The van der Waals surface area contributed by atoms with Crippen LogP contribution in [0.2, 0.25) is 0 Å². The minimum absolute atomic E-state index is 0.220. The first kappa shape index (κ1) is 21.7. The number of amides is 1. The number of aliphatic carboxylic acids is 1. The largest absolute Gasteiger partial charge is 0.550 e. The molecular weight excluding hydrogens is 381 g/mol. The van der Waals surface area contributed by atoms with Gasteiger partial charge in [0, 0.05) is 18.2 Å². The van der Waals surface area contributed by atoms with E-state index in [0.29, 0.717) is 0 Å². The van der Waals surface area contributed by atoms with Gasteiger partial charge in [-0.25, -0.2) is 17.9 Å². The summed E-state index contributed by atoms with van der Waals surface area (Å²) < 4.78 is 68.9. The molecule has 0 bridgehead atoms. The second-order valence-electron chi connectivity index (χ2n) is 5.14. The fourth-order valence-corrected chi connectivity index (χ4v) is 2.94. The maximum atomic E-state index is 12.9. The zero-order valence-corrected chi connectivity index (χ0v) is 14.3. The summed E-state index contributed by atoms with van der Waals surface area (Å²) in [5.74, 6) is -3.83. The van der Waals surface area contributed by atoms with E-state index < -0.39 is 53.6 Å². The van der Waals surface area contributed by atoms with Crippen LogP contribution in [0.1, 0.15) is 12.8 Å². The van der Waals surface area contributed by atoms with Crippen molar-refractivity contribution in [3.05, 3.63) is 24.3 Å². The van der Waals surface area contributed by atoms with E-state index in [1.54, 1.807) is 4.72 Å². The SMILES string of the molecule is COC(=O)Nc1ccc(S(=O)(=O)NC[C@@H](CCC(=O)[O-])C(F)(F)F)cc1. The van der Waals surface area contributed by atoms with Crippen LogP contribution in [0.15, 0.2) is 29.2 Å². The molecule has 0 aliphatic rings. The first-order chi connectivity index (χ1) is 12.0. The van der Waals surface area contributed by atoms with Gasteiger partial charge in [-0.2, -0.15) is 13.2 Å². The fourth-order valence-electron chi connectivity index (χ4n) is 1.85. The Morgan fingerprint density at radius 3 is 2.27 bits per heavy atom. The highest BCUT2D eigenvalue weighted by Crippen LogP contribution is 2.29. The lowest BCUT2D eigenvalue weighted by Gasteiger charge is -2.21. The van der Waals surface area contributed by atoms with E-state index in [1.165, 1.54) is 12.1 Å². The number of rotatable bonds is 8. The molecule has 1 aromatic rings. The molecule has 0 saturated heterocycles. The third kappa shape index (κ3) is 6.88. The van der Waals surface area contributed by atoms with Gasteiger partial charge in [0.2, 0.25) is 10.0 Å². The minimum atomic E-state index is -4.77. The van der Waals surface area contributed by atoms with E-state index in [0.717, 1.165) is 19.2 Å². The van der Waals surface area contributed by atoms with Crippen molar-refractivity contribution in [2.45, 2.75) is 23.9 Å². The minimum Gasteiger partial charge on any atom is -0.550 e. The molecule has 0 aromatic heterocycles. The van der Waals surface area contributed by atoms with Gasteiger partial charge in [0.15, 0.2) is 0 Å². The van der Waals surface area contributed by atoms with Gasteiger partial charge < -0.3 is 14.6 Å². The number of ether oxygens (including phenoxy) is 1. The summed E-state index contributed by atoms with van der Waals surface area (Å²) in [4.78, 5) is 21.0. The van der Waals surface area contributed by atoms with Gasteiger partial charge in [0.05, 0.1) is 17.9 Å². The Morgan fingerprint density at radius 2 is 1.81 bits per heavy atom. The van der Waals surface area contributed by atoms with Crippen molar-refractivity contribution in [2.24, 2.45) is 5.92 Å². The Kier molecular flexibility index (Phi) is 7.39. The molecule has 0 aliphatic carbocycles. The second kappa shape index (κ2) is 8.85. The van der Waals surface area contributed by atoms with Gasteiger partial charge in [-0.1, -0.05) is 0 Å². The number of methoxy groups -OCH3 is 1. The van der Waals surface area contributed by atoms with E-state index in [4.69, 9.17) is 0 Å². The van der Waals surface area contributed by atoms with E-state index in [-0.39, 0.29) is 10.6 Å². The Hall–Kier alpha value is -2.34. The van der Waals surface area contributed by atoms with Crippen LogP contribution in [0, 0.1) is 5.92 Å². The quantitative estimate of drug-likeness (QED) is 0.670. The average Bonchev–Trinajstić information content (AvgIpc) is 2.53. The number of alkyl halides is 3. The van der Waals surface area contributed by atoms with Crippen molar-refractivity contribution >= 4 is 27.8 Å². The van der Waals surface area contributed by atoms with Crippen LogP contribution in [-0.2, 0) is 19.6 Å². The summed E-state index contributed by atoms with van der Waals surface area (Å²) in [7, 11) is -3.13. The highest BCUT2D eigenvalue weighted by molar-refractivity contribution is 7.89. The van der Waals surface area contributed by atoms with Gasteiger partial charge in [0.1, 0.15) is 0 Å². The van der Waals surface area contributed by atoms with Gasteiger partial charge in [-0.05, 0) is 37.1 Å². The molecule has 26 heavy (non-hydrogen) atoms. The Bertz CT molecular complexity index is 734. The standard InChI is InChI=1S/C14H17F3N2O6S/c1-25-13(22)19-10-3-5-11(6-4-10)26(23,24)18-8-9(14(15,16)17)2-7-12(20)21/h3-6,9,18H,2,7-8H2,1H3,(H,19,22)(H,20,21)/p-1/t9-/m1/s1. The zero-order chi connectivity index (χ0) is 20.0. The summed E-state index contributed by atoms with van der Waals surface area (Å²) in [6.07, 6.45) is -7.21. The number of anilines is 1. The smallest absolute Gasteiger partial charge is 0.411 e. The van der Waals surface area contributed by atoms with Crippen molar-refractivity contribution in [3.8, 4) is 0 Å². The molecule has 1 aromatic carbocycles. The molecule has 0 unspecified atom stereocenters. The van der Waals surface area contributed by atoms with E-state index >= 15 is 0 Å². The molecule has 0 fully saturated rings. The van der Waals surface area contributed by atoms with Crippen LogP contribution < -0.4 is 15.1 Å². The molecule has 0 radical (unpaired) electrons. The van der Waals surface area contributed by atoms with Gasteiger partial charge in [0.25, 0.3) is 0 Å². The Balaban J connectivity index is 2.80. The summed E-state index contributed by atoms with van der Waals surface area (Å²) in [5.41, 5.74) is 0.220. The number of hydrogen-bond donors (Lipinski definition) is 2. The van der Waals surface area contributed by atoms with Crippen LogP contribution in [0.25, 0.3) is 0 Å². The molecule has 0 heterocycles. The first-order valence-electron chi connectivity index (χ1n) is 7.17. The third-order valence-corrected chi connectivity index (χ3v) is 4.72. The van der Waals surface area contributed by atoms with Gasteiger partial charge in [-0.15, -0.1) is 0 Å². The summed E-state index contributed by atoms with van der Waals surface area (Å²) in [6, 6.07) is 4.61. The monoisotopic (exact) mass is 397 g/mol. The molecule has 0 aliphatic heterocycles. The summed E-state index contributed by atoms with van der Waals surface area (Å²) in [6.45, 7) is -1.01. The molecule has 1 amide bonds. The molecular formula is C14H16F3N2O6S-. The van der Waals surface area contributed by atoms with Crippen LogP contribution in [0.5, 0.6) is 0 Å². The van der Waals surface area contributed by atoms with Crippen molar-refractivity contribution in [1.29, 1.82) is 0 Å². The van der Waals surface area contributed by atoms with Crippen LogP contribution >= 0.6 is 0 Å². The van der Waals surface area contributed by atoms with E-state index in [2.05, 4.69) is 10.1 Å². The third-order valence-electron chi connectivity index (χ3n) is 3.28. The topological polar surface area (TPSA) is 125 Å². The predicted molar refractivity (Wildman–Crippen MR) is 81.4 cm³/mol. The van der Waals surface area contributed by atoms with Crippen LogP contribution in [0.4, 0.5) is 23.7 Å². The number of halogens is 3. The molecule has 0 saturated carbocycles. The number of carbonyl (C=O) groups is 2. The highest BCUT2D eigenvalue weighted by atomic mass is 32.2. The Labute approximate surface area is 147 Å². The summed E-state index contributed by atoms with van der Waals surface area (Å²) in [5, 5.41) is 12.6. The number of carbonyl (C=O) groups excluding carboxylic acids is 2.